The van der Waals surface area contributed by atoms with Crippen molar-refractivity contribution in [1.29, 1.82) is 0 Å². The molecule has 0 radical (unpaired) electrons. The standard InChI is InChI=1S/C17H26N2OS/c1-11(16(3,4)5)10-19-14(13-7-6-12(2)21-13)18-17(8-9-17)15(19)20/h6-7,11,14,18H,8-10H2,1-5H3. The number of hydrogen-bond donors (Lipinski definition) is 1. The van der Waals surface area contributed by atoms with Crippen LogP contribution in [0.5, 0.6) is 0 Å². The van der Waals surface area contributed by atoms with Crippen LogP contribution in [0.1, 0.15) is 56.5 Å². The average molecular weight is 306 g/mol. The maximum absolute atomic E-state index is 12.8. The highest BCUT2D eigenvalue weighted by atomic mass is 32.1. The van der Waals surface area contributed by atoms with Crippen molar-refractivity contribution < 1.29 is 4.79 Å². The summed E-state index contributed by atoms with van der Waals surface area (Å²) in [6.07, 6.45) is 2.06. The van der Waals surface area contributed by atoms with Crippen molar-refractivity contribution in [3.63, 3.8) is 0 Å². The van der Waals surface area contributed by atoms with Gasteiger partial charge < -0.3 is 4.90 Å². The van der Waals surface area contributed by atoms with E-state index in [1.54, 1.807) is 11.3 Å². The van der Waals surface area contributed by atoms with E-state index in [1.165, 1.54) is 9.75 Å². The normalized spacial score (nSPS) is 25.7. The lowest BCUT2D eigenvalue weighted by Crippen LogP contribution is -2.38. The molecule has 1 aromatic heterocycles. The number of carbonyl (C=O) groups is 1. The fourth-order valence-corrected chi connectivity index (χ4v) is 3.80. The summed E-state index contributed by atoms with van der Waals surface area (Å²) >= 11 is 1.80. The van der Waals surface area contributed by atoms with Crippen molar-refractivity contribution in [3.05, 3.63) is 21.9 Å². The number of hydrogen-bond acceptors (Lipinski definition) is 3. The van der Waals surface area contributed by atoms with Crippen LogP contribution in [0.15, 0.2) is 12.1 Å². The second-order valence-corrected chi connectivity index (χ2v) is 9.12. The molecule has 2 unspecified atom stereocenters. The number of amides is 1. The van der Waals surface area contributed by atoms with Crippen LogP contribution in [0.25, 0.3) is 0 Å². The highest BCUT2D eigenvalue weighted by Gasteiger charge is 2.59. The number of nitrogens with one attached hydrogen (secondary N) is 1. The molecule has 2 atom stereocenters. The Labute approximate surface area is 131 Å². The third kappa shape index (κ3) is 2.64. The Hall–Kier alpha value is -0.870. The molecule has 1 amide bonds. The maximum Gasteiger partial charge on any atom is 0.244 e. The number of aryl methyl sites for hydroxylation is 1. The van der Waals surface area contributed by atoms with Gasteiger partial charge in [0.1, 0.15) is 11.7 Å². The predicted octanol–water partition coefficient (Wildman–Crippen LogP) is 3.70. The Morgan fingerprint density at radius 1 is 1.43 bits per heavy atom. The van der Waals surface area contributed by atoms with Crippen molar-refractivity contribution in [2.75, 3.05) is 6.54 Å². The molecule has 3 rings (SSSR count). The SMILES string of the molecule is Cc1ccc(C2NC3(CC3)C(=O)N2CC(C)C(C)(C)C)s1. The topological polar surface area (TPSA) is 32.3 Å². The maximum atomic E-state index is 12.8. The van der Waals surface area contributed by atoms with Crippen molar-refractivity contribution in [2.45, 2.75) is 59.2 Å². The fourth-order valence-electron chi connectivity index (χ4n) is 2.86. The van der Waals surface area contributed by atoms with Crippen LogP contribution in [0.4, 0.5) is 0 Å². The average Bonchev–Trinajstić information content (AvgIpc) is 2.98. The van der Waals surface area contributed by atoms with Crippen molar-refractivity contribution in [3.8, 4) is 0 Å². The summed E-state index contributed by atoms with van der Waals surface area (Å²) in [5, 5.41) is 3.61. The first-order valence-electron chi connectivity index (χ1n) is 7.88. The molecule has 2 aliphatic rings. The van der Waals surface area contributed by atoms with Crippen molar-refractivity contribution >= 4 is 17.2 Å². The quantitative estimate of drug-likeness (QED) is 0.923. The summed E-state index contributed by atoms with van der Waals surface area (Å²) in [7, 11) is 0. The Morgan fingerprint density at radius 3 is 2.57 bits per heavy atom. The van der Waals surface area contributed by atoms with E-state index in [-0.39, 0.29) is 17.1 Å². The van der Waals surface area contributed by atoms with Gasteiger partial charge in [0.25, 0.3) is 0 Å². The lowest BCUT2D eigenvalue weighted by Gasteiger charge is -2.33. The fraction of sp³-hybridized carbons (Fsp3) is 0.706. The molecule has 0 bridgehead atoms. The third-order valence-corrected chi connectivity index (χ3v) is 6.18. The molecule has 1 aromatic rings. The molecule has 4 heteroatoms. The number of rotatable bonds is 3. The largest absolute Gasteiger partial charge is 0.320 e. The Morgan fingerprint density at radius 2 is 2.10 bits per heavy atom. The van der Waals surface area contributed by atoms with Crippen LogP contribution >= 0.6 is 11.3 Å². The van der Waals surface area contributed by atoms with Crippen LogP contribution in [0, 0.1) is 18.3 Å². The van der Waals surface area contributed by atoms with Gasteiger partial charge >= 0.3 is 0 Å². The van der Waals surface area contributed by atoms with E-state index in [0.717, 1.165) is 19.4 Å². The molecule has 1 saturated heterocycles. The smallest absolute Gasteiger partial charge is 0.244 e. The molecule has 21 heavy (non-hydrogen) atoms. The molecule has 1 aliphatic heterocycles. The van der Waals surface area contributed by atoms with E-state index in [9.17, 15) is 4.79 Å². The molecule has 1 spiro atoms. The van der Waals surface area contributed by atoms with Gasteiger partial charge in [0.2, 0.25) is 5.91 Å². The zero-order valence-electron chi connectivity index (χ0n) is 13.7. The van der Waals surface area contributed by atoms with E-state index < -0.39 is 0 Å². The minimum absolute atomic E-state index is 0.0727. The van der Waals surface area contributed by atoms with Crippen LogP contribution in [-0.4, -0.2) is 22.9 Å². The molecular weight excluding hydrogens is 280 g/mol. The monoisotopic (exact) mass is 306 g/mol. The summed E-state index contributed by atoms with van der Waals surface area (Å²) in [4.78, 5) is 17.5. The number of thiophene rings is 1. The zero-order chi connectivity index (χ0) is 15.4. The summed E-state index contributed by atoms with van der Waals surface area (Å²) in [6.45, 7) is 12.0. The van der Waals surface area contributed by atoms with Gasteiger partial charge in [-0.15, -0.1) is 11.3 Å². The number of carbonyl (C=O) groups excluding carboxylic acids is 1. The van der Waals surface area contributed by atoms with Crippen LogP contribution < -0.4 is 5.32 Å². The van der Waals surface area contributed by atoms with E-state index >= 15 is 0 Å². The zero-order valence-corrected chi connectivity index (χ0v) is 14.5. The Bertz CT molecular complexity index is 553. The summed E-state index contributed by atoms with van der Waals surface area (Å²) in [5.41, 5.74) is -0.0182. The summed E-state index contributed by atoms with van der Waals surface area (Å²) in [6, 6.07) is 4.32. The first kappa shape index (κ1) is 15.0. The van der Waals surface area contributed by atoms with E-state index in [0.29, 0.717) is 11.8 Å². The van der Waals surface area contributed by atoms with Crippen molar-refractivity contribution in [2.24, 2.45) is 11.3 Å². The first-order valence-corrected chi connectivity index (χ1v) is 8.70. The Kier molecular flexibility index (Phi) is 3.45. The minimum Gasteiger partial charge on any atom is -0.320 e. The second-order valence-electron chi connectivity index (χ2n) is 7.80. The Balaban J connectivity index is 1.85. The van der Waals surface area contributed by atoms with Gasteiger partial charge in [-0.25, -0.2) is 0 Å². The highest BCUT2D eigenvalue weighted by molar-refractivity contribution is 7.12. The third-order valence-electron chi connectivity index (χ3n) is 5.12. The molecule has 2 fully saturated rings. The lowest BCUT2D eigenvalue weighted by molar-refractivity contribution is -0.131. The molecule has 116 valence electrons. The first-order chi connectivity index (χ1) is 9.73. The second kappa shape index (κ2) is 4.82. The molecule has 1 saturated carbocycles. The molecule has 2 heterocycles. The molecule has 1 N–H and O–H groups in total. The van der Waals surface area contributed by atoms with Crippen molar-refractivity contribution in [1.82, 2.24) is 10.2 Å². The van der Waals surface area contributed by atoms with Gasteiger partial charge in [-0.2, -0.15) is 0 Å². The summed E-state index contributed by atoms with van der Waals surface area (Å²) in [5.74, 6) is 0.787. The van der Waals surface area contributed by atoms with E-state index in [2.05, 4.69) is 57.0 Å². The van der Waals surface area contributed by atoms with Crippen LogP contribution in [0.3, 0.4) is 0 Å². The van der Waals surface area contributed by atoms with Gasteiger partial charge in [-0.3, -0.25) is 10.1 Å². The highest BCUT2D eigenvalue weighted by Crippen LogP contribution is 2.47. The predicted molar refractivity (Wildman–Crippen MR) is 87.2 cm³/mol. The van der Waals surface area contributed by atoms with Gasteiger partial charge in [-0.05, 0) is 43.2 Å². The van der Waals surface area contributed by atoms with Gasteiger partial charge in [0.05, 0.1) is 0 Å². The molecular formula is C17H26N2OS. The van der Waals surface area contributed by atoms with Gasteiger partial charge in [0.15, 0.2) is 0 Å². The van der Waals surface area contributed by atoms with Gasteiger partial charge in [0, 0.05) is 16.3 Å². The molecule has 3 nitrogen and oxygen atoms in total. The van der Waals surface area contributed by atoms with Gasteiger partial charge in [-0.1, -0.05) is 27.7 Å². The van der Waals surface area contributed by atoms with E-state index in [1.807, 2.05) is 0 Å². The van der Waals surface area contributed by atoms with Crippen LogP contribution in [0.2, 0.25) is 0 Å². The molecule has 0 aromatic carbocycles. The number of nitrogens with zero attached hydrogens (tertiary/aromatic N) is 1. The van der Waals surface area contributed by atoms with Crippen LogP contribution in [-0.2, 0) is 4.79 Å². The lowest BCUT2D eigenvalue weighted by atomic mass is 9.82. The van der Waals surface area contributed by atoms with E-state index in [4.69, 9.17) is 0 Å². The minimum atomic E-state index is -0.236. The molecule has 1 aliphatic carbocycles. The summed E-state index contributed by atoms with van der Waals surface area (Å²) < 4.78 is 0.